The van der Waals surface area contributed by atoms with Crippen molar-refractivity contribution in [1.82, 2.24) is 9.78 Å². The topological polar surface area (TPSA) is 110 Å². The summed E-state index contributed by atoms with van der Waals surface area (Å²) in [7, 11) is 1.55. The fourth-order valence-corrected chi connectivity index (χ4v) is 3.57. The minimum atomic E-state index is 0.143. The summed E-state index contributed by atoms with van der Waals surface area (Å²) in [4.78, 5) is 0. The second-order valence-corrected chi connectivity index (χ2v) is 6.96. The summed E-state index contributed by atoms with van der Waals surface area (Å²) in [5.74, 6) is 1.27. The molecule has 0 aliphatic heterocycles. The minimum absolute atomic E-state index is 0.143. The molecule has 0 saturated heterocycles. The van der Waals surface area contributed by atoms with Crippen LogP contribution in [0.2, 0.25) is 0 Å². The molecule has 2 aromatic carbocycles. The predicted molar refractivity (Wildman–Crippen MR) is 118 cm³/mol. The van der Waals surface area contributed by atoms with Gasteiger partial charge in [0.2, 0.25) is 0 Å². The Bertz CT molecular complexity index is 1190. The van der Waals surface area contributed by atoms with Gasteiger partial charge in [-0.3, -0.25) is 0 Å². The number of anilines is 1. The first-order valence-corrected chi connectivity index (χ1v) is 9.79. The summed E-state index contributed by atoms with van der Waals surface area (Å²) in [5.41, 5.74) is 8.09. The van der Waals surface area contributed by atoms with Crippen LogP contribution in [-0.2, 0) is 0 Å². The highest BCUT2D eigenvalue weighted by Gasteiger charge is 2.20. The molecule has 30 heavy (non-hydrogen) atoms. The Balaban J connectivity index is 2.15. The van der Waals surface area contributed by atoms with E-state index in [0.717, 1.165) is 0 Å². The number of nitrogen functional groups attached to an aromatic ring is 1. The molecule has 0 amide bonds. The lowest BCUT2D eigenvalue weighted by atomic mass is 10.1. The van der Waals surface area contributed by atoms with Crippen molar-refractivity contribution in [2.75, 3.05) is 19.5 Å². The third kappa shape index (κ3) is 4.00. The molecule has 1 heterocycles. The van der Waals surface area contributed by atoms with Crippen molar-refractivity contribution < 1.29 is 9.47 Å². The Hall–Kier alpha value is -3.75. The van der Waals surface area contributed by atoms with Crippen molar-refractivity contribution in [2.45, 2.75) is 6.92 Å². The van der Waals surface area contributed by atoms with E-state index in [4.69, 9.17) is 15.2 Å². The van der Waals surface area contributed by atoms with Crippen LogP contribution in [0.4, 0.5) is 5.82 Å². The lowest BCUT2D eigenvalue weighted by Crippen LogP contribution is -2.02. The van der Waals surface area contributed by atoms with Crippen LogP contribution in [0, 0.1) is 22.7 Å². The second kappa shape index (κ2) is 9.17. The molecule has 0 spiro atoms. The van der Waals surface area contributed by atoms with Gasteiger partial charge in [0.25, 0.3) is 0 Å². The van der Waals surface area contributed by atoms with Gasteiger partial charge in [-0.15, -0.1) is 0 Å². The quantitative estimate of drug-likeness (QED) is 0.536. The van der Waals surface area contributed by atoms with Crippen molar-refractivity contribution in [3.63, 3.8) is 0 Å². The van der Waals surface area contributed by atoms with E-state index in [1.165, 1.54) is 4.68 Å². The van der Waals surface area contributed by atoms with Gasteiger partial charge in [-0.1, -0.05) is 18.2 Å². The first-order chi connectivity index (χ1) is 14.5. The fourth-order valence-electron chi connectivity index (χ4n) is 2.95. The normalized spacial score (nSPS) is 10.9. The molecule has 0 aliphatic rings. The van der Waals surface area contributed by atoms with Gasteiger partial charge in [-0.2, -0.15) is 15.6 Å². The van der Waals surface area contributed by atoms with Crippen molar-refractivity contribution in [1.29, 1.82) is 10.5 Å². The molecule has 0 bridgehead atoms. The van der Waals surface area contributed by atoms with E-state index in [9.17, 15) is 10.5 Å². The van der Waals surface area contributed by atoms with Gasteiger partial charge >= 0.3 is 0 Å². The van der Waals surface area contributed by atoms with Crippen molar-refractivity contribution in [2.24, 2.45) is 0 Å². The number of benzene rings is 2. The lowest BCUT2D eigenvalue weighted by molar-refractivity contribution is 0.310. The number of nitrogens with two attached hydrogens (primary N) is 1. The molecule has 0 radical (unpaired) electrons. The zero-order valence-corrected chi connectivity index (χ0v) is 18.0. The van der Waals surface area contributed by atoms with Crippen molar-refractivity contribution in [3.05, 3.63) is 63.8 Å². The van der Waals surface area contributed by atoms with Gasteiger partial charge in [0.1, 0.15) is 29.2 Å². The number of hydrogen-bond donors (Lipinski definition) is 1. The summed E-state index contributed by atoms with van der Waals surface area (Å²) >= 11 is 3.46. The number of ether oxygens (including phenoxy) is 2. The van der Waals surface area contributed by atoms with Gasteiger partial charge in [-0.05, 0) is 58.8 Å². The van der Waals surface area contributed by atoms with Crippen LogP contribution in [-0.4, -0.2) is 23.5 Å². The zero-order chi connectivity index (χ0) is 21.7. The largest absolute Gasteiger partial charge is 0.492 e. The van der Waals surface area contributed by atoms with Gasteiger partial charge in [0, 0.05) is 0 Å². The van der Waals surface area contributed by atoms with Crippen LogP contribution in [0.25, 0.3) is 17.3 Å². The number of methoxy groups -OCH3 is 1. The molecule has 7 nitrogen and oxygen atoms in total. The van der Waals surface area contributed by atoms with E-state index in [0.29, 0.717) is 33.8 Å². The number of aromatic nitrogens is 2. The smallest absolute Gasteiger partial charge is 0.174 e. The molecule has 2 N–H and O–H groups in total. The molecule has 0 aliphatic carbocycles. The Morgan fingerprint density at radius 1 is 1.27 bits per heavy atom. The summed E-state index contributed by atoms with van der Waals surface area (Å²) in [6.45, 7) is 2.33. The van der Waals surface area contributed by atoms with E-state index in [1.54, 1.807) is 25.3 Å². The van der Waals surface area contributed by atoms with E-state index < -0.39 is 0 Å². The zero-order valence-electron chi connectivity index (χ0n) is 16.4. The highest BCUT2D eigenvalue weighted by Crippen LogP contribution is 2.38. The molecular weight excluding hydrogens is 446 g/mol. The molecule has 8 heteroatoms. The summed E-state index contributed by atoms with van der Waals surface area (Å²) < 4.78 is 13.1. The lowest BCUT2D eigenvalue weighted by Gasteiger charge is -2.12. The SMILES string of the molecule is CCOc1cc(/C=C(/C#N)c2nn(-c3ccccc3)c(N)c2C#N)cc(Br)c1OC. The monoisotopic (exact) mass is 463 g/mol. The van der Waals surface area contributed by atoms with Crippen LogP contribution in [0.15, 0.2) is 46.9 Å². The highest BCUT2D eigenvalue weighted by atomic mass is 79.9. The van der Waals surface area contributed by atoms with E-state index in [2.05, 4.69) is 33.2 Å². The maximum absolute atomic E-state index is 9.79. The third-order valence-corrected chi connectivity index (χ3v) is 4.85. The fraction of sp³-hybridized carbons (Fsp3) is 0.136. The van der Waals surface area contributed by atoms with Crippen LogP contribution in [0.1, 0.15) is 23.7 Å². The maximum Gasteiger partial charge on any atom is 0.174 e. The van der Waals surface area contributed by atoms with E-state index in [1.807, 2.05) is 37.3 Å². The third-order valence-electron chi connectivity index (χ3n) is 4.26. The Kier molecular flexibility index (Phi) is 6.41. The number of nitriles is 2. The number of para-hydroxylation sites is 1. The highest BCUT2D eigenvalue weighted by molar-refractivity contribution is 9.10. The number of allylic oxidation sites excluding steroid dienone is 1. The first-order valence-electron chi connectivity index (χ1n) is 9.00. The Morgan fingerprint density at radius 2 is 2.00 bits per heavy atom. The first kappa shape index (κ1) is 21.0. The number of rotatable bonds is 6. The predicted octanol–water partition coefficient (Wildman–Crippen LogP) is 4.56. The molecule has 1 aromatic heterocycles. The summed E-state index contributed by atoms with van der Waals surface area (Å²) in [6.07, 6.45) is 1.63. The van der Waals surface area contributed by atoms with Gasteiger partial charge in [0.15, 0.2) is 11.5 Å². The van der Waals surface area contributed by atoms with Crippen LogP contribution in [0.3, 0.4) is 0 Å². The van der Waals surface area contributed by atoms with Crippen LogP contribution < -0.4 is 15.2 Å². The molecule has 3 aromatic rings. The number of hydrogen-bond acceptors (Lipinski definition) is 6. The van der Waals surface area contributed by atoms with Crippen molar-refractivity contribution >= 4 is 33.4 Å². The van der Waals surface area contributed by atoms with Crippen LogP contribution >= 0.6 is 15.9 Å². The van der Waals surface area contributed by atoms with Crippen LogP contribution in [0.5, 0.6) is 11.5 Å². The maximum atomic E-state index is 9.79. The number of halogens is 1. The molecule has 3 rings (SSSR count). The molecule has 150 valence electrons. The van der Waals surface area contributed by atoms with Gasteiger partial charge in [-0.25, -0.2) is 4.68 Å². The summed E-state index contributed by atoms with van der Waals surface area (Å²) in [5, 5.41) is 23.9. The summed E-state index contributed by atoms with van der Waals surface area (Å²) in [6, 6.07) is 16.9. The second-order valence-electron chi connectivity index (χ2n) is 6.10. The standard InChI is InChI=1S/C22H18BrN5O2/c1-3-30-19-11-14(10-18(23)21(19)29-2)9-15(12-24)20-17(13-25)22(26)28(27-20)16-7-5-4-6-8-16/h4-11H,3,26H2,1-2H3/b15-9-. The Morgan fingerprint density at radius 3 is 2.60 bits per heavy atom. The number of nitrogens with zero attached hydrogens (tertiary/aromatic N) is 4. The minimum Gasteiger partial charge on any atom is -0.492 e. The van der Waals surface area contributed by atoms with Gasteiger partial charge in [0.05, 0.1) is 29.4 Å². The average molecular weight is 464 g/mol. The van der Waals surface area contributed by atoms with Crippen molar-refractivity contribution in [3.8, 4) is 29.3 Å². The van der Waals surface area contributed by atoms with E-state index >= 15 is 0 Å². The van der Waals surface area contributed by atoms with Gasteiger partial charge < -0.3 is 15.2 Å². The molecule has 0 unspecified atom stereocenters. The van der Waals surface area contributed by atoms with E-state index in [-0.39, 0.29) is 22.6 Å². The molecule has 0 atom stereocenters. The molecular formula is C22H18BrN5O2. The Labute approximate surface area is 182 Å². The molecule has 0 saturated carbocycles. The molecule has 0 fully saturated rings. The average Bonchev–Trinajstić information content (AvgIpc) is 3.09.